The van der Waals surface area contributed by atoms with E-state index < -0.39 is 0 Å². The Balaban J connectivity index is 1.49. The molecular formula is C19H36N2O3. The maximum atomic E-state index is 12.1. The van der Waals surface area contributed by atoms with Crippen LogP contribution in [-0.4, -0.2) is 73.9 Å². The number of rotatable bonds is 8. The lowest BCUT2D eigenvalue weighted by molar-refractivity contribution is -0.138. The minimum absolute atomic E-state index is 0.134. The van der Waals surface area contributed by atoms with Crippen LogP contribution in [0.15, 0.2) is 0 Å². The number of ether oxygens (including phenoxy) is 2. The van der Waals surface area contributed by atoms with Gasteiger partial charge in [-0.2, -0.15) is 0 Å². The Kier molecular flexibility index (Phi) is 8.50. The van der Waals surface area contributed by atoms with E-state index in [4.69, 9.17) is 9.47 Å². The molecule has 0 aromatic carbocycles. The minimum Gasteiger partial charge on any atom is -0.376 e. The summed E-state index contributed by atoms with van der Waals surface area (Å²) in [4.78, 5) is 16.6. The summed E-state index contributed by atoms with van der Waals surface area (Å²) >= 11 is 0. The predicted octanol–water partition coefficient (Wildman–Crippen LogP) is 2.54. The van der Waals surface area contributed by atoms with Crippen LogP contribution in [0.2, 0.25) is 0 Å². The fourth-order valence-electron chi connectivity index (χ4n) is 3.67. The number of carbonyl (C=O) groups excluding carboxylic acids is 1. The first kappa shape index (κ1) is 19.7. The highest BCUT2D eigenvalue weighted by Gasteiger charge is 2.22. The summed E-state index contributed by atoms with van der Waals surface area (Å²) in [6.07, 6.45) is 6.06. The van der Waals surface area contributed by atoms with Gasteiger partial charge in [-0.3, -0.25) is 4.79 Å². The summed E-state index contributed by atoms with van der Waals surface area (Å²) in [6, 6.07) is 0.627. The Labute approximate surface area is 147 Å². The number of carbonyl (C=O) groups is 1. The van der Waals surface area contributed by atoms with E-state index in [2.05, 4.69) is 25.7 Å². The van der Waals surface area contributed by atoms with E-state index in [9.17, 15) is 4.79 Å². The maximum Gasteiger partial charge on any atom is 0.248 e. The van der Waals surface area contributed by atoms with Gasteiger partial charge < -0.3 is 19.3 Å². The lowest BCUT2D eigenvalue weighted by atomic mass is 9.94. The molecule has 0 unspecified atom stereocenters. The Hall–Kier alpha value is -0.650. The molecule has 24 heavy (non-hydrogen) atoms. The fraction of sp³-hybridized carbons (Fsp3) is 0.947. The van der Waals surface area contributed by atoms with Crippen molar-refractivity contribution in [3.05, 3.63) is 0 Å². The van der Waals surface area contributed by atoms with Crippen molar-refractivity contribution in [2.75, 3.05) is 46.0 Å². The molecule has 2 rings (SSSR count). The summed E-state index contributed by atoms with van der Waals surface area (Å²) in [7, 11) is 0. The predicted molar refractivity (Wildman–Crippen MR) is 96.1 cm³/mol. The summed E-state index contributed by atoms with van der Waals surface area (Å²) in [5, 5.41) is 0. The van der Waals surface area contributed by atoms with E-state index in [1.807, 2.05) is 4.90 Å². The van der Waals surface area contributed by atoms with Crippen molar-refractivity contribution in [2.24, 2.45) is 5.92 Å². The van der Waals surface area contributed by atoms with Gasteiger partial charge in [-0.25, -0.2) is 0 Å². The standard InChI is InChI=1S/C19H36N2O3/c1-4-17-5-9-21(10-6-17)19(22)15-23-13-14-24-18-7-11-20(12-8-18)16(2)3/h16-18H,4-15H2,1-3H3. The van der Waals surface area contributed by atoms with Crippen molar-refractivity contribution in [1.29, 1.82) is 0 Å². The van der Waals surface area contributed by atoms with Gasteiger partial charge in [0.25, 0.3) is 0 Å². The Morgan fingerprint density at radius 2 is 1.71 bits per heavy atom. The van der Waals surface area contributed by atoms with Gasteiger partial charge in [0.15, 0.2) is 0 Å². The monoisotopic (exact) mass is 340 g/mol. The number of hydrogen-bond donors (Lipinski definition) is 0. The van der Waals surface area contributed by atoms with Gasteiger partial charge in [0.05, 0.1) is 19.3 Å². The van der Waals surface area contributed by atoms with Gasteiger partial charge in [-0.1, -0.05) is 13.3 Å². The molecule has 0 atom stereocenters. The second-order valence-electron chi connectivity index (χ2n) is 7.48. The van der Waals surface area contributed by atoms with Crippen LogP contribution in [-0.2, 0) is 14.3 Å². The molecule has 2 aliphatic heterocycles. The molecule has 0 N–H and O–H groups in total. The highest BCUT2D eigenvalue weighted by Crippen LogP contribution is 2.20. The topological polar surface area (TPSA) is 42.0 Å². The van der Waals surface area contributed by atoms with Crippen LogP contribution in [0.3, 0.4) is 0 Å². The zero-order chi connectivity index (χ0) is 17.4. The van der Waals surface area contributed by atoms with E-state index in [0.29, 0.717) is 25.4 Å². The average Bonchev–Trinajstić information content (AvgIpc) is 2.61. The van der Waals surface area contributed by atoms with E-state index in [-0.39, 0.29) is 12.5 Å². The molecule has 2 saturated heterocycles. The van der Waals surface area contributed by atoms with Gasteiger partial charge in [-0.15, -0.1) is 0 Å². The largest absolute Gasteiger partial charge is 0.376 e. The molecule has 5 nitrogen and oxygen atoms in total. The van der Waals surface area contributed by atoms with Gasteiger partial charge in [0, 0.05) is 32.2 Å². The molecule has 2 fully saturated rings. The third kappa shape index (κ3) is 6.34. The van der Waals surface area contributed by atoms with Gasteiger partial charge in [-0.05, 0) is 45.4 Å². The molecule has 0 bridgehead atoms. The first-order valence-corrected chi connectivity index (χ1v) is 9.81. The molecule has 140 valence electrons. The van der Waals surface area contributed by atoms with Crippen molar-refractivity contribution in [2.45, 2.75) is 65.0 Å². The number of amides is 1. The van der Waals surface area contributed by atoms with Crippen LogP contribution in [0.5, 0.6) is 0 Å². The first-order valence-electron chi connectivity index (χ1n) is 9.81. The van der Waals surface area contributed by atoms with Crippen molar-refractivity contribution in [3.8, 4) is 0 Å². The third-order valence-electron chi connectivity index (χ3n) is 5.56. The SMILES string of the molecule is CCC1CCN(C(=O)COCCOC2CCN(C(C)C)CC2)CC1. The quantitative estimate of drug-likeness (QED) is 0.637. The maximum absolute atomic E-state index is 12.1. The highest BCUT2D eigenvalue weighted by molar-refractivity contribution is 5.77. The second-order valence-corrected chi connectivity index (χ2v) is 7.48. The number of likely N-dealkylation sites (tertiary alicyclic amines) is 2. The Morgan fingerprint density at radius 1 is 1.04 bits per heavy atom. The molecule has 5 heteroatoms. The molecule has 0 radical (unpaired) electrons. The highest BCUT2D eigenvalue weighted by atomic mass is 16.5. The number of piperidine rings is 2. The zero-order valence-corrected chi connectivity index (χ0v) is 15.8. The van der Waals surface area contributed by atoms with E-state index in [0.717, 1.165) is 57.8 Å². The Morgan fingerprint density at radius 3 is 2.29 bits per heavy atom. The fourth-order valence-corrected chi connectivity index (χ4v) is 3.67. The number of hydrogen-bond acceptors (Lipinski definition) is 4. The molecular weight excluding hydrogens is 304 g/mol. The van der Waals surface area contributed by atoms with Crippen molar-refractivity contribution >= 4 is 5.91 Å². The molecule has 1 amide bonds. The van der Waals surface area contributed by atoms with Gasteiger partial charge >= 0.3 is 0 Å². The third-order valence-corrected chi connectivity index (χ3v) is 5.56. The lowest BCUT2D eigenvalue weighted by Crippen LogP contribution is -2.41. The molecule has 2 aliphatic rings. The van der Waals surface area contributed by atoms with Gasteiger partial charge in [0.1, 0.15) is 6.61 Å². The molecule has 0 saturated carbocycles. The average molecular weight is 341 g/mol. The molecule has 2 heterocycles. The smallest absolute Gasteiger partial charge is 0.248 e. The minimum atomic E-state index is 0.134. The first-order chi connectivity index (χ1) is 11.6. The van der Waals surface area contributed by atoms with E-state index in [1.165, 1.54) is 6.42 Å². The number of nitrogens with zero attached hydrogens (tertiary/aromatic N) is 2. The molecule has 0 aliphatic carbocycles. The zero-order valence-electron chi connectivity index (χ0n) is 15.8. The van der Waals surface area contributed by atoms with Crippen molar-refractivity contribution in [3.63, 3.8) is 0 Å². The molecule has 0 aromatic heterocycles. The summed E-state index contributed by atoms with van der Waals surface area (Å²) < 4.78 is 11.4. The van der Waals surface area contributed by atoms with Crippen LogP contribution in [0.4, 0.5) is 0 Å². The van der Waals surface area contributed by atoms with Crippen molar-refractivity contribution in [1.82, 2.24) is 9.80 Å². The van der Waals surface area contributed by atoms with E-state index >= 15 is 0 Å². The summed E-state index contributed by atoms with van der Waals surface area (Å²) in [5.74, 6) is 0.931. The normalized spacial score (nSPS) is 21.6. The lowest BCUT2D eigenvalue weighted by Gasteiger charge is -2.34. The molecule has 0 spiro atoms. The van der Waals surface area contributed by atoms with Crippen LogP contribution in [0.25, 0.3) is 0 Å². The van der Waals surface area contributed by atoms with Crippen LogP contribution >= 0.6 is 0 Å². The van der Waals surface area contributed by atoms with Crippen molar-refractivity contribution < 1.29 is 14.3 Å². The van der Waals surface area contributed by atoms with Crippen LogP contribution in [0.1, 0.15) is 52.9 Å². The second kappa shape index (κ2) is 10.4. The van der Waals surface area contributed by atoms with E-state index in [1.54, 1.807) is 0 Å². The van der Waals surface area contributed by atoms with Gasteiger partial charge in [0.2, 0.25) is 5.91 Å². The van der Waals surface area contributed by atoms with Crippen LogP contribution < -0.4 is 0 Å². The Bertz CT molecular complexity index is 360. The van der Waals surface area contributed by atoms with Crippen LogP contribution in [0, 0.1) is 5.92 Å². The molecule has 0 aromatic rings. The summed E-state index contributed by atoms with van der Waals surface area (Å²) in [6.45, 7) is 12.1. The summed E-state index contributed by atoms with van der Waals surface area (Å²) in [5.41, 5.74) is 0.